The van der Waals surface area contributed by atoms with Crippen LogP contribution in [-0.2, 0) is 16.0 Å². The number of fused-ring (bicyclic) bond motifs is 1. The lowest BCUT2D eigenvalue weighted by Gasteiger charge is -2.20. The summed E-state index contributed by atoms with van der Waals surface area (Å²) >= 11 is 0. The third-order valence-electron chi connectivity index (χ3n) is 4.19. The molecule has 1 aliphatic heterocycles. The van der Waals surface area contributed by atoms with Crippen molar-refractivity contribution in [2.24, 2.45) is 0 Å². The number of carbonyl (C=O) groups is 2. The minimum atomic E-state index is -0.371. The van der Waals surface area contributed by atoms with E-state index >= 15 is 0 Å². The van der Waals surface area contributed by atoms with Gasteiger partial charge in [0, 0.05) is 17.8 Å². The lowest BCUT2D eigenvalue weighted by atomic mass is 10.1. The molecule has 1 unspecified atom stereocenters. The van der Waals surface area contributed by atoms with Crippen molar-refractivity contribution < 1.29 is 14.3 Å². The Bertz CT molecular complexity index is 793. The number of anilines is 1. The van der Waals surface area contributed by atoms with E-state index < -0.39 is 0 Å². The van der Waals surface area contributed by atoms with Crippen molar-refractivity contribution in [1.82, 2.24) is 0 Å². The molecule has 0 N–H and O–H groups in total. The van der Waals surface area contributed by atoms with E-state index in [9.17, 15) is 9.59 Å². The lowest BCUT2D eigenvalue weighted by molar-refractivity contribution is -0.114. The van der Waals surface area contributed by atoms with Crippen LogP contribution in [0.4, 0.5) is 5.69 Å². The predicted molar refractivity (Wildman–Crippen MR) is 93.9 cm³/mol. The largest absolute Gasteiger partial charge is 0.465 e. The van der Waals surface area contributed by atoms with Crippen molar-refractivity contribution in [3.63, 3.8) is 0 Å². The van der Waals surface area contributed by atoms with Gasteiger partial charge >= 0.3 is 5.97 Å². The average Bonchev–Trinajstić information content (AvgIpc) is 2.95. The van der Waals surface area contributed by atoms with Gasteiger partial charge in [0.25, 0.3) is 5.91 Å². The smallest absolute Gasteiger partial charge is 0.337 e. The van der Waals surface area contributed by atoms with Crippen molar-refractivity contribution in [1.29, 1.82) is 0 Å². The molecule has 1 heterocycles. The monoisotopic (exact) mass is 321 g/mol. The van der Waals surface area contributed by atoms with Crippen molar-refractivity contribution in [3.05, 3.63) is 71.3 Å². The van der Waals surface area contributed by atoms with Crippen LogP contribution in [0.1, 0.15) is 28.4 Å². The second-order valence-corrected chi connectivity index (χ2v) is 5.84. The molecule has 1 aliphatic rings. The maximum absolute atomic E-state index is 12.6. The van der Waals surface area contributed by atoms with Crippen LogP contribution >= 0.6 is 0 Å². The molecule has 2 aromatic rings. The van der Waals surface area contributed by atoms with E-state index in [0.717, 1.165) is 17.7 Å². The molecule has 0 fully saturated rings. The first-order chi connectivity index (χ1) is 11.6. The van der Waals surface area contributed by atoms with Gasteiger partial charge < -0.3 is 9.64 Å². The lowest BCUT2D eigenvalue weighted by Crippen LogP contribution is -2.34. The van der Waals surface area contributed by atoms with Crippen LogP contribution in [0.15, 0.2) is 54.6 Å². The molecule has 0 aromatic heterocycles. The zero-order valence-electron chi connectivity index (χ0n) is 13.7. The fraction of sp³-hybridized carbons (Fsp3) is 0.200. The molecule has 122 valence electrons. The fourth-order valence-corrected chi connectivity index (χ4v) is 3.00. The topological polar surface area (TPSA) is 46.6 Å². The van der Waals surface area contributed by atoms with Crippen molar-refractivity contribution in [2.75, 3.05) is 12.0 Å². The van der Waals surface area contributed by atoms with Crippen LogP contribution in [0, 0.1) is 0 Å². The molecule has 1 amide bonds. The van der Waals surface area contributed by atoms with E-state index in [4.69, 9.17) is 0 Å². The first-order valence-corrected chi connectivity index (χ1v) is 7.87. The zero-order chi connectivity index (χ0) is 17.1. The maximum Gasteiger partial charge on any atom is 0.337 e. The molecule has 0 spiro atoms. The van der Waals surface area contributed by atoms with Gasteiger partial charge in [-0.1, -0.05) is 30.3 Å². The van der Waals surface area contributed by atoms with E-state index in [0.29, 0.717) is 5.56 Å². The van der Waals surface area contributed by atoms with Gasteiger partial charge in [-0.15, -0.1) is 0 Å². The fourth-order valence-electron chi connectivity index (χ4n) is 3.00. The summed E-state index contributed by atoms with van der Waals surface area (Å²) in [4.78, 5) is 25.8. The van der Waals surface area contributed by atoms with Crippen LogP contribution in [0.5, 0.6) is 0 Å². The quantitative estimate of drug-likeness (QED) is 0.642. The number of para-hydroxylation sites is 1. The van der Waals surface area contributed by atoms with Gasteiger partial charge in [-0.25, -0.2) is 4.79 Å². The summed E-state index contributed by atoms with van der Waals surface area (Å²) in [5, 5.41) is 0. The van der Waals surface area contributed by atoms with Crippen LogP contribution in [0.25, 0.3) is 6.08 Å². The summed E-state index contributed by atoms with van der Waals surface area (Å²) in [7, 11) is 1.35. The van der Waals surface area contributed by atoms with Crippen molar-refractivity contribution >= 4 is 23.6 Å². The van der Waals surface area contributed by atoms with Crippen molar-refractivity contribution in [3.8, 4) is 0 Å². The molecular weight excluding hydrogens is 302 g/mol. The van der Waals surface area contributed by atoms with Gasteiger partial charge in [-0.05, 0) is 48.7 Å². The Morgan fingerprint density at radius 3 is 2.54 bits per heavy atom. The Kier molecular flexibility index (Phi) is 4.47. The summed E-state index contributed by atoms with van der Waals surface area (Å²) in [6.07, 6.45) is 4.21. The minimum Gasteiger partial charge on any atom is -0.465 e. The molecule has 0 saturated heterocycles. The van der Waals surface area contributed by atoms with E-state index in [1.165, 1.54) is 12.7 Å². The number of hydrogen-bond acceptors (Lipinski definition) is 3. The van der Waals surface area contributed by atoms with Crippen LogP contribution in [0.3, 0.4) is 0 Å². The van der Waals surface area contributed by atoms with Gasteiger partial charge in [0.15, 0.2) is 0 Å². The van der Waals surface area contributed by atoms with Gasteiger partial charge in [-0.2, -0.15) is 0 Å². The third kappa shape index (κ3) is 3.08. The Morgan fingerprint density at radius 2 is 1.83 bits per heavy atom. The molecule has 0 radical (unpaired) electrons. The van der Waals surface area contributed by atoms with E-state index in [1.807, 2.05) is 23.1 Å². The number of ether oxygens (including phenoxy) is 1. The van der Waals surface area contributed by atoms with Crippen LogP contribution in [0.2, 0.25) is 0 Å². The molecule has 4 nitrogen and oxygen atoms in total. The molecular formula is C20H19NO3. The SMILES string of the molecule is COC(=O)c1ccc(/C=C/C(=O)N2c3ccccc3CC2C)cc1. The first-order valence-electron chi connectivity index (χ1n) is 7.87. The summed E-state index contributed by atoms with van der Waals surface area (Å²) in [5.41, 5.74) is 3.54. The summed E-state index contributed by atoms with van der Waals surface area (Å²) in [6, 6.07) is 15.1. The number of esters is 1. The number of carbonyl (C=O) groups excluding carboxylic acids is 2. The molecule has 4 heteroatoms. The maximum atomic E-state index is 12.6. The highest BCUT2D eigenvalue weighted by Gasteiger charge is 2.29. The Labute approximate surface area is 141 Å². The second kappa shape index (κ2) is 6.71. The molecule has 0 aliphatic carbocycles. The predicted octanol–water partition coefficient (Wildman–Crippen LogP) is 3.46. The number of amides is 1. The van der Waals surface area contributed by atoms with E-state index in [2.05, 4.69) is 17.7 Å². The molecule has 0 saturated carbocycles. The highest BCUT2D eigenvalue weighted by molar-refractivity contribution is 6.05. The highest BCUT2D eigenvalue weighted by atomic mass is 16.5. The molecule has 24 heavy (non-hydrogen) atoms. The van der Waals surface area contributed by atoms with Crippen LogP contribution in [-0.4, -0.2) is 25.0 Å². The first kappa shape index (κ1) is 16.0. The standard InChI is InChI=1S/C20H19NO3/c1-14-13-17-5-3-4-6-18(17)21(14)19(22)12-9-15-7-10-16(11-8-15)20(23)24-2/h3-12,14H,13H2,1-2H3/b12-9+. The molecule has 2 aromatic carbocycles. The number of hydrogen-bond donors (Lipinski definition) is 0. The Balaban J connectivity index is 1.75. The van der Waals surface area contributed by atoms with E-state index in [1.54, 1.807) is 36.4 Å². The van der Waals surface area contributed by atoms with Gasteiger partial charge in [0.2, 0.25) is 0 Å². The van der Waals surface area contributed by atoms with Gasteiger partial charge in [0.05, 0.1) is 12.7 Å². The normalized spacial score (nSPS) is 16.2. The minimum absolute atomic E-state index is 0.0375. The summed E-state index contributed by atoms with van der Waals surface area (Å²) in [5.74, 6) is -0.409. The highest BCUT2D eigenvalue weighted by Crippen LogP contribution is 2.31. The molecule has 0 bridgehead atoms. The number of rotatable bonds is 3. The average molecular weight is 321 g/mol. The summed E-state index contributed by atoms with van der Waals surface area (Å²) in [6.45, 7) is 2.05. The Hall–Kier alpha value is -2.88. The van der Waals surface area contributed by atoms with Gasteiger partial charge in [-0.3, -0.25) is 4.79 Å². The Morgan fingerprint density at radius 1 is 1.12 bits per heavy atom. The molecule has 1 atom stereocenters. The second-order valence-electron chi connectivity index (χ2n) is 5.84. The van der Waals surface area contributed by atoms with Crippen LogP contribution < -0.4 is 4.90 Å². The van der Waals surface area contributed by atoms with E-state index in [-0.39, 0.29) is 17.9 Å². The van der Waals surface area contributed by atoms with Crippen molar-refractivity contribution in [2.45, 2.75) is 19.4 Å². The van der Waals surface area contributed by atoms with Gasteiger partial charge in [0.1, 0.15) is 0 Å². The zero-order valence-corrected chi connectivity index (χ0v) is 13.7. The number of nitrogens with zero attached hydrogens (tertiary/aromatic N) is 1. The summed E-state index contributed by atoms with van der Waals surface area (Å²) < 4.78 is 4.67. The third-order valence-corrected chi connectivity index (χ3v) is 4.19. The number of methoxy groups -OCH3 is 1. The molecule has 3 rings (SSSR count). The number of benzene rings is 2.